The molecule has 0 fully saturated rings. The molecule has 0 aliphatic carbocycles. The molecule has 0 aromatic rings. The van der Waals surface area contributed by atoms with Crippen LogP contribution in [0.5, 0.6) is 0 Å². The monoisotopic (exact) mass is 629 g/mol. The van der Waals surface area contributed by atoms with E-state index in [-0.39, 0.29) is 0 Å². The number of primary amides is 1. The highest BCUT2D eigenvalue weighted by Crippen LogP contribution is 2.12. The summed E-state index contributed by atoms with van der Waals surface area (Å²) in [4.78, 5) is 88.0. The number of nitrogens with two attached hydrogens (primary N) is 1. The highest BCUT2D eigenvalue weighted by Gasteiger charge is 2.35. The quantitative estimate of drug-likeness (QED) is 0.0755. The van der Waals surface area contributed by atoms with Crippen LogP contribution in [0.25, 0.3) is 0 Å². The second-order valence-corrected chi connectivity index (χ2v) is 11.6. The zero-order chi connectivity index (χ0) is 34.5. The van der Waals surface area contributed by atoms with E-state index >= 15 is 0 Å². The van der Waals surface area contributed by atoms with Crippen LogP contribution in [0.1, 0.15) is 68.7 Å². The highest BCUT2D eigenvalue weighted by molar-refractivity contribution is 5.97. The lowest BCUT2D eigenvalue weighted by Crippen LogP contribution is -2.62. The van der Waals surface area contributed by atoms with E-state index in [9.17, 15) is 43.8 Å². The molecule has 0 bridgehead atoms. The lowest BCUT2D eigenvalue weighted by molar-refractivity contribution is -0.137. The van der Waals surface area contributed by atoms with Gasteiger partial charge < -0.3 is 47.8 Å². The van der Waals surface area contributed by atoms with Crippen molar-refractivity contribution >= 4 is 41.4 Å². The Bertz CT molecular complexity index is 1030. The van der Waals surface area contributed by atoms with Crippen molar-refractivity contribution in [2.24, 2.45) is 23.5 Å². The van der Waals surface area contributed by atoms with Crippen LogP contribution in [-0.4, -0.2) is 101 Å². The number of nitrogens with one attached hydrogen (secondary N) is 6. The van der Waals surface area contributed by atoms with Gasteiger partial charge in [-0.2, -0.15) is 0 Å². The van der Waals surface area contributed by atoms with Crippen molar-refractivity contribution in [1.29, 1.82) is 0 Å². The van der Waals surface area contributed by atoms with Crippen molar-refractivity contribution in [2.45, 2.75) is 111 Å². The molecule has 252 valence electrons. The Morgan fingerprint density at radius 3 is 1.39 bits per heavy atom. The summed E-state index contributed by atoms with van der Waals surface area (Å²) in [6, 6.07) is -7.19. The number of aliphatic hydroxyl groups is 2. The number of carbonyl (C=O) groups excluding carboxylic acids is 7. The van der Waals surface area contributed by atoms with E-state index in [1.807, 2.05) is 0 Å². The summed E-state index contributed by atoms with van der Waals surface area (Å²) >= 11 is 0. The molecular weight excluding hydrogens is 578 g/mol. The van der Waals surface area contributed by atoms with Crippen molar-refractivity contribution in [3.63, 3.8) is 0 Å². The maximum absolute atomic E-state index is 13.4. The average Bonchev–Trinajstić information content (AvgIpc) is 2.92. The standard InChI is InChI=1S/C28H51N7O9/c1-10-14(6)21(34-25(41)18(11-36)31-17(9)38)28(44)33-20(13(4)5)27(43)32-19(12(2)3)26(42)30-15(7)24(40)35-22(16(8)37)23(29)39/h12-16,18-22,36-37H,10-11H2,1-9H3,(H2,29,39)(H,30,42)(H,31,38)(H,32,43)(H,33,44)(H,34,41)(H,35,40)/t14-,15-,16+,18-,19-,20-,21-,22-/m0/s1. The zero-order valence-electron chi connectivity index (χ0n) is 27.0. The van der Waals surface area contributed by atoms with Gasteiger partial charge >= 0.3 is 0 Å². The van der Waals surface area contributed by atoms with Crippen molar-refractivity contribution in [1.82, 2.24) is 31.9 Å². The van der Waals surface area contributed by atoms with Gasteiger partial charge in [0, 0.05) is 6.92 Å². The van der Waals surface area contributed by atoms with E-state index in [2.05, 4.69) is 31.9 Å². The molecule has 16 nitrogen and oxygen atoms in total. The molecule has 0 saturated carbocycles. The zero-order valence-corrected chi connectivity index (χ0v) is 27.0. The van der Waals surface area contributed by atoms with E-state index in [0.29, 0.717) is 6.42 Å². The first-order chi connectivity index (χ1) is 20.3. The van der Waals surface area contributed by atoms with Crippen LogP contribution in [0, 0.1) is 17.8 Å². The second kappa shape index (κ2) is 18.8. The minimum atomic E-state index is -1.37. The van der Waals surface area contributed by atoms with E-state index < -0.39 is 108 Å². The van der Waals surface area contributed by atoms with E-state index in [0.717, 1.165) is 0 Å². The fraction of sp³-hybridized carbons (Fsp3) is 0.750. The molecule has 0 spiro atoms. The van der Waals surface area contributed by atoms with Crippen LogP contribution in [0.2, 0.25) is 0 Å². The predicted molar refractivity (Wildman–Crippen MR) is 160 cm³/mol. The SMILES string of the molecule is CC[C@H](C)[C@H](NC(=O)[C@H](CO)NC(C)=O)C(=O)N[C@H](C(=O)N[C@H](C(=O)N[C@@H](C)C(=O)N[C@H](C(N)=O)[C@@H](C)O)C(C)C)C(C)C. The summed E-state index contributed by atoms with van der Waals surface area (Å²) in [6.45, 7) is 13.3. The molecule has 0 rings (SSSR count). The number of carbonyl (C=O) groups is 7. The lowest BCUT2D eigenvalue weighted by Gasteiger charge is -2.30. The van der Waals surface area contributed by atoms with Gasteiger partial charge in [0.1, 0.15) is 36.3 Å². The molecular formula is C28H51N7O9. The summed E-state index contributed by atoms with van der Waals surface area (Å²) in [6.07, 6.45) is -0.800. The van der Waals surface area contributed by atoms with Crippen molar-refractivity contribution in [3.05, 3.63) is 0 Å². The summed E-state index contributed by atoms with van der Waals surface area (Å²) < 4.78 is 0. The largest absolute Gasteiger partial charge is 0.394 e. The van der Waals surface area contributed by atoms with Crippen molar-refractivity contribution in [3.8, 4) is 0 Å². The van der Waals surface area contributed by atoms with Crippen LogP contribution in [0.15, 0.2) is 0 Å². The van der Waals surface area contributed by atoms with E-state index in [1.54, 1.807) is 41.5 Å². The first kappa shape index (κ1) is 40.2. The third-order valence-electron chi connectivity index (χ3n) is 7.00. The molecule has 10 N–H and O–H groups in total. The molecule has 8 atom stereocenters. The summed E-state index contributed by atoms with van der Waals surface area (Å²) in [5.41, 5.74) is 5.20. The summed E-state index contributed by atoms with van der Waals surface area (Å²) in [5.74, 6) is -6.46. The Morgan fingerprint density at radius 2 is 1.02 bits per heavy atom. The molecule has 0 unspecified atom stereocenters. The Morgan fingerprint density at radius 1 is 0.614 bits per heavy atom. The minimum Gasteiger partial charge on any atom is -0.394 e. The fourth-order valence-electron chi connectivity index (χ4n) is 4.03. The summed E-state index contributed by atoms with van der Waals surface area (Å²) in [5, 5.41) is 34.0. The third kappa shape index (κ3) is 12.8. The molecule has 0 aliphatic rings. The molecule has 7 amide bonds. The third-order valence-corrected chi connectivity index (χ3v) is 7.00. The van der Waals surface area contributed by atoms with Gasteiger partial charge in [0.25, 0.3) is 0 Å². The van der Waals surface area contributed by atoms with Gasteiger partial charge in [0.15, 0.2) is 0 Å². The summed E-state index contributed by atoms with van der Waals surface area (Å²) in [7, 11) is 0. The highest BCUT2D eigenvalue weighted by atomic mass is 16.3. The topological polar surface area (TPSA) is 258 Å². The van der Waals surface area contributed by atoms with Gasteiger partial charge in [0.2, 0.25) is 41.4 Å². The Kier molecular flexibility index (Phi) is 17.2. The van der Waals surface area contributed by atoms with Gasteiger partial charge in [-0.3, -0.25) is 33.6 Å². The van der Waals surface area contributed by atoms with Crippen LogP contribution in [-0.2, 0) is 33.6 Å². The molecule has 0 aromatic carbocycles. The van der Waals surface area contributed by atoms with E-state index in [4.69, 9.17) is 5.73 Å². The average molecular weight is 630 g/mol. The van der Waals surface area contributed by atoms with Crippen molar-refractivity contribution in [2.75, 3.05) is 6.61 Å². The van der Waals surface area contributed by atoms with Gasteiger partial charge in [-0.15, -0.1) is 0 Å². The predicted octanol–water partition coefficient (Wildman–Crippen LogP) is -2.85. The van der Waals surface area contributed by atoms with Crippen LogP contribution in [0.4, 0.5) is 0 Å². The Labute approximate surface area is 258 Å². The van der Waals surface area contributed by atoms with Gasteiger partial charge in [-0.05, 0) is 31.6 Å². The van der Waals surface area contributed by atoms with Gasteiger partial charge in [0.05, 0.1) is 12.7 Å². The fourth-order valence-corrected chi connectivity index (χ4v) is 4.03. The smallest absolute Gasteiger partial charge is 0.245 e. The van der Waals surface area contributed by atoms with Gasteiger partial charge in [-0.1, -0.05) is 48.0 Å². The first-order valence-corrected chi connectivity index (χ1v) is 14.7. The van der Waals surface area contributed by atoms with Crippen LogP contribution < -0.4 is 37.6 Å². The van der Waals surface area contributed by atoms with Crippen molar-refractivity contribution < 1.29 is 43.8 Å². The van der Waals surface area contributed by atoms with Crippen LogP contribution in [0.3, 0.4) is 0 Å². The Balaban J connectivity index is 5.77. The molecule has 0 aliphatic heterocycles. The molecule has 0 saturated heterocycles. The number of rotatable bonds is 18. The van der Waals surface area contributed by atoms with Gasteiger partial charge in [-0.25, -0.2) is 0 Å². The van der Waals surface area contributed by atoms with Crippen LogP contribution >= 0.6 is 0 Å². The normalized spacial score (nSPS) is 16.7. The maximum atomic E-state index is 13.4. The molecule has 0 aromatic heterocycles. The minimum absolute atomic E-state index is 0.392. The molecule has 0 heterocycles. The molecule has 44 heavy (non-hydrogen) atoms. The first-order valence-electron chi connectivity index (χ1n) is 14.7. The second-order valence-electron chi connectivity index (χ2n) is 11.6. The molecule has 0 radical (unpaired) electrons. The molecule has 16 heteroatoms. The van der Waals surface area contributed by atoms with E-state index in [1.165, 1.54) is 20.8 Å². The lowest BCUT2D eigenvalue weighted by atomic mass is 9.95. The number of hydrogen-bond acceptors (Lipinski definition) is 9. The maximum Gasteiger partial charge on any atom is 0.245 e. The number of hydrogen-bond donors (Lipinski definition) is 9. The number of amides is 7. The Hall–Kier alpha value is -3.79. The number of aliphatic hydroxyl groups excluding tert-OH is 2.